The number of halogens is 1. The Kier molecular flexibility index (Phi) is 4.94. The van der Waals surface area contributed by atoms with Gasteiger partial charge in [-0.2, -0.15) is 0 Å². The van der Waals surface area contributed by atoms with E-state index in [1.54, 1.807) is 0 Å². The Bertz CT molecular complexity index is 532. The Morgan fingerprint density at radius 1 is 1.52 bits per heavy atom. The van der Waals surface area contributed by atoms with Gasteiger partial charge in [-0.3, -0.25) is 4.79 Å². The van der Waals surface area contributed by atoms with Crippen LogP contribution in [-0.2, 0) is 11.3 Å². The Hall–Kier alpha value is -1.07. The second-order valence-electron chi connectivity index (χ2n) is 6.42. The normalized spacial score (nSPS) is 22.0. The monoisotopic (exact) mass is 353 g/mol. The summed E-state index contributed by atoms with van der Waals surface area (Å²) in [6.45, 7) is 8.63. The van der Waals surface area contributed by atoms with Gasteiger partial charge in [-0.15, -0.1) is 0 Å². The van der Waals surface area contributed by atoms with Crippen LogP contribution in [0.4, 0.5) is 5.69 Å². The van der Waals surface area contributed by atoms with E-state index >= 15 is 0 Å². The molecule has 1 heterocycles. The highest BCUT2D eigenvalue weighted by Crippen LogP contribution is 2.36. The number of hydrogen-bond donors (Lipinski definition) is 2. The van der Waals surface area contributed by atoms with Gasteiger partial charge in [-0.1, -0.05) is 19.9 Å². The summed E-state index contributed by atoms with van der Waals surface area (Å²) in [5, 5.41) is 3.41. The molecule has 1 aliphatic heterocycles. The van der Waals surface area contributed by atoms with E-state index in [1.807, 2.05) is 6.92 Å². The molecule has 0 aliphatic carbocycles. The molecule has 1 saturated heterocycles. The summed E-state index contributed by atoms with van der Waals surface area (Å²) in [5.74, 6) is -0.209. The molecule has 1 aliphatic rings. The molecule has 1 aromatic carbocycles. The van der Waals surface area contributed by atoms with Crippen LogP contribution >= 0.6 is 15.9 Å². The largest absolute Gasteiger partial charge is 0.370 e. The molecule has 116 valence electrons. The molecule has 0 saturated carbocycles. The van der Waals surface area contributed by atoms with E-state index < -0.39 is 5.41 Å². The Morgan fingerprint density at radius 3 is 2.76 bits per heavy atom. The second kappa shape index (κ2) is 6.36. The standard InChI is InChI=1S/C16H24BrN3O/c1-11(2)19-9-12-4-5-14(13(17)8-12)20-7-6-16(3,10-20)15(18)21/h4-5,8,11,19H,6-7,9-10H2,1-3H3,(H2,18,21). The fourth-order valence-electron chi connectivity index (χ4n) is 2.61. The summed E-state index contributed by atoms with van der Waals surface area (Å²) < 4.78 is 1.07. The molecule has 5 heteroatoms. The van der Waals surface area contributed by atoms with Crippen LogP contribution < -0.4 is 16.0 Å². The van der Waals surface area contributed by atoms with Crippen molar-refractivity contribution in [2.24, 2.45) is 11.1 Å². The van der Waals surface area contributed by atoms with Crippen LogP contribution in [0.5, 0.6) is 0 Å². The van der Waals surface area contributed by atoms with Crippen LogP contribution in [0.25, 0.3) is 0 Å². The molecule has 0 radical (unpaired) electrons. The van der Waals surface area contributed by atoms with Crippen molar-refractivity contribution in [1.82, 2.24) is 5.32 Å². The van der Waals surface area contributed by atoms with Gasteiger partial charge in [-0.25, -0.2) is 0 Å². The van der Waals surface area contributed by atoms with Crippen LogP contribution in [0, 0.1) is 5.41 Å². The van der Waals surface area contributed by atoms with Gasteiger partial charge in [0.15, 0.2) is 0 Å². The van der Waals surface area contributed by atoms with Gasteiger partial charge in [0, 0.05) is 30.1 Å². The first kappa shape index (κ1) is 16.3. The van der Waals surface area contributed by atoms with Crippen molar-refractivity contribution in [1.29, 1.82) is 0 Å². The molecule has 1 unspecified atom stereocenters. The molecule has 2 rings (SSSR count). The number of carbonyl (C=O) groups is 1. The lowest BCUT2D eigenvalue weighted by Gasteiger charge is -2.24. The number of hydrogen-bond acceptors (Lipinski definition) is 3. The smallest absolute Gasteiger partial charge is 0.225 e. The van der Waals surface area contributed by atoms with Gasteiger partial charge in [-0.05, 0) is 47.0 Å². The van der Waals surface area contributed by atoms with Gasteiger partial charge in [0.25, 0.3) is 0 Å². The van der Waals surface area contributed by atoms with Gasteiger partial charge < -0.3 is 16.0 Å². The molecule has 21 heavy (non-hydrogen) atoms. The predicted octanol–water partition coefficient (Wildman–Crippen LogP) is 2.65. The summed E-state index contributed by atoms with van der Waals surface area (Å²) in [6, 6.07) is 6.87. The van der Waals surface area contributed by atoms with Gasteiger partial charge in [0.2, 0.25) is 5.91 Å². The van der Waals surface area contributed by atoms with Crippen LogP contribution in [0.1, 0.15) is 32.8 Å². The number of benzene rings is 1. The fourth-order valence-corrected chi connectivity index (χ4v) is 3.28. The third-order valence-electron chi connectivity index (χ3n) is 4.14. The molecule has 4 nitrogen and oxygen atoms in total. The van der Waals surface area contributed by atoms with Crippen LogP contribution in [-0.4, -0.2) is 25.0 Å². The van der Waals surface area contributed by atoms with Crippen molar-refractivity contribution in [2.75, 3.05) is 18.0 Å². The molecule has 1 atom stereocenters. The van der Waals surface area contributed by atoms with Crippen molar-refractivity contribution in [3.05, 3.63) is 28.2 Å². The zero-order chi connectivity index (χ0) is 15.6. The molecule has 1 fully saturated rings. The lowest BCUT2D eigenvalue weighted by molar-refractivity contribution is -0.125. The highest BCUT2D eigenvalue weighted by atomic mass is 79.9. The summed E-state index contributed by atoms with van der Waals surface area (Å²) in [6.07, 6.45) is 0.811. The molecule has 0 bridgehead atoms. The molecule has 0 aromatic heterocycles. The maximum absolute atomic E-state index is 11.6. The number of anilines is 1. The minimum Gasteiger partial charge on any atom is -0.370 e. The molecular weight excluding hydrogens is 330 g/mol. The van der Waals surface area contributed by atoms with Crippen molar-refractivity contribution in [2.45, 2.75) is 39.8 Å². The van der Waals surface area contributed by atoms with Crippen LogP contribution in [0.3, 0.4) is 0 Å². The third kappa shape index (κ3) is 3.77. The lowest BCUT2D eigenvalue weighted by Crippen LogP contribution is -2.37. The Labute approximate surface area is 135 Å². The molecule has 0 spiro atoms. The fraction of sp³-hybridized carbons (Fsp3) is 0.562. The number of amides is 1. The zero-order valence-corrected chi connectivity index (χ0v) is 14.5. The minimum absolute atomic E-state index is 0.209. The second-order valence-corrected chi connectivity index (χ2v) is 7.27. The van der Waals surface area contributed by atoms with Crippen molar-refractivity contribution < 1.29 is 4.79 Å². The van der Waals surface area contributed by atoms with E-state index in [1.165, 1.54) is 5.56 Å². The average molecular weight is 354 g/mol. The Morgan fingerprint density at radius 2 is 2.24 bits per heavy atom. The van der Waals surface area contributed by atoms with Crippen LogP contribution in [0.2, 0.25) is 0 Å². The first-order valence-electron chi connectivity index (χ1n) is 7.38. The van der Waals surface area contributed by atoms with Gasteiger partial charge >= 0.3 is 0 Å². The number of primary amides is 1. The molecule has 3 N–H and O–H groups in total. The third-order valence-corrected chi connectivity index (χ3v) is 4.77. The summed E-state index contributed by atoms with van der Waals surface area (Å²) in [4.78, 5) is 13.8. The number of nitrogens with zero attached hydrogens (tertiary/aromatic N) is 1. The Balaban J connectivity index is 2.10. The predicted molar refractivity (Wildman–Crippen MR) is 90.2 cm³/mol. The quantitative estimate of drug-likeness (QED) is 0.855. The van der Waals surface area contributed by atoms with E-state index in [0.717, 1.165) is 29.7 Å². The molecule has 1 amide bonds. The molecular formula is C16H24BrN3O. The van der Waals surface area contributed by atoms with E-state index in [-0.39, 0.29) is 5.91 Å². The minimum atomic E-state index is -0.419. The maximum Gasteiger partial charge on any atom is 0.225 e. The van der Waals surface area contributed by atoms with E-state index in [9.17, 15) is 4.79 Å². The number of carbonyl (C=O) groups excluding carboxylic acids is 1. The zero-order valence-electron chi connectivity index (χ0n) is 12.9. The highest BCUT2D eigenvalue weighted by Gasteiger charge is 2.39. The van der Waals surface area contributed by atoms with Crippen molar-refractivity contribution in [3.8, 4) is 0 Å². The van der Waals surface area contributed by atoms with Crippen LogP contribution in [0.15, 0.2) is 22.7 Å². The van der Waals surface area contributed by atoms with Crippen molar-refractivity contribution >= 4 is 27.5 Å². The van der Waals surface area contributed by atoms with E-state index in [4.69, 9.17) is 5.73 Å². The maximum atomic E-state index is 11.6. The van der Waals surface area contributed by atoms with Gasteiger partial charge in [0.05, 0.1) is 11.1 Å². The number of nitrogens with one attached hydrogen (secondary N) is 1. The first-order valence-corrected chi connectivity index (χ1v) is 8.18. The topological polar surface area (TPSA) is 58.4 Å². The highest BCUT2D eigenvalue weighted by molar-refractivity contribution is 9.10. The van der Waals surface area contributed by atoms with E-state index in [2.05, 4.69) is 58.2 Å². The lowest BCUT2D eigenvalue weighted by atomic mass is 9.89. The summed E-state index contributed by atoms with van der Waals surface area (Å²) >= 11 is 3.65. The number of nitrogens with two attached hydrogens (primary N) is 1. The number of rotatable bonds is 5. The summed E-state index contributed by atoms with van der Waals surface area (Å²) in [7, 11) is 0. The summed E-state index contributed by atoms with van der Waals surface area (Å²) in [5.41, 5.74) is 7.48. The van der Waals surface area contributed by atoms with Gasteiger partial charge in [0.1, 0.15) is 0 Å². The van der Waals surface area contributed by atoms with Crippen molar-refractivity contribution in [3.63, 3.8) is 0 Å². The molecule has 1 aromatic rings. The SMILES string of the molecule is CC(C)NCc1ccc(N2CCC(C)(C(N)=O)C2)c(Br)c1. The first-order chi connectivity index (χ1) is 9.82. The average Bonchev–Trinajstić information content (AvgIpc) is 2.80. The van der Waals surface area contributed by atoms with E-state index in [0.29, 0.717) is 12.6 Å².